The molecule has 1 unspecified atom stereocenters. The molecular formula is C19H21NO2. The van der Waals surface area contributed by atoms with Crippen LogP contribution in [0.1, 0.15) is 29.9 Å². The minimum absolute atomic E-state index is 0.162. The Bertz CT molecular complexity index is 759. The highest BCUT2D eigenvalue weighted by Crippen LogP contribution is 2.29. The van der Waals surface area contributed by atoms with Crippen molar-refractivity contribution in [1.82, 2.24) is 5.32 Å². The van der Waals surface area contributed by atoms with E-state index in [1.54, 1.807) is 7.11 Å². The van der Waals surface area contributed by atoms with E-state index in [1.165, 1.54) is 16.5 Å². The van der Waals surface area contributed by atoms with Gasteiger partial charge in [0.15, 0.2) is 0 Å². The van der Waals surface area contributed by atoms with Crippen LogP contribution in [0, 0.1) is 6.92 Å². The van der Waals surface area contributed by atoms with Crippen molar-refractivity contribution in [2.24, 2.45) is 0 Å². The number of furan rings is 1. The number of methoxy groups -OCH3 is 1. The summed E-state index contributed by atoms with van der Waals surface area (Å²) in [6.45, 7) is 5.04. The molecule has 0 spiro atoms. The van der Waals surface area contributed by atoms with Crippen LogP contribution in [0.25, 0.3) is 11.0 Å². The Morgan fingerprint density at radius 1 is 1.09 bits per heavy atom. The number of rotatable bonds is 5. The second kappa shape index (κ2) is 6.24. The Morgan fingerprint density at radius 3 is 2.50 bits per heavy atom. The predicted molar refractivity (Wildman–Crippen MR) is 89.2 cm³/mol. The molecule has 3 nitrogen and oxygen atoms in total. The molecule has 0 saturated carbocycles. The second-order valence-corrected chi connectivity index (χ2v) is 5.54. The average Bonchev–Trinajstić information content (AvgIpc) is 2.90. The maximum Gasteiger partial charge on any atom is 0.134 e. The molecule has 0 bridgehead atoms. The molecule has 3 aromatic rings. The molecule has 0 saturated heterocycles. The Morgan fingerprint density at radius 2 is 1.82 bits per heavy atom. The van der Waals surface area contributed by atoms with Crippen LogP contribution < -0.4 is 10.1 Å². The van der Waals surface area contributed by atoms with Gasteiger partial charge in [0.25, 0.3) is 0 Å². The maximum absolute atomic E-state index is 6.00. The van der Waals surface area contributed by atoms with Crippen molar-refractivity contribution >= 4 is 11.0 Å². The van der Waals surface area contributed by atoms with Crippen LogP contribution in [0.5, 0.6) is 5.75 Å². The van der Waals surface area contributed by atoms with E-state index in [0.29, 0.717) is 0 Å². The van der Waals surface area contributed by atoms with Gasteiger partial charge < -0.3 is 14.5 Å². The van der Waals surface area contributed by atoms with Gasteiger partial charge >= 0.3 is 0 Å². The first-order valence-corrected chi connectivity index (χ1v) is 7.53. The summed E-state index contributed by atoms with van der Waals surface area (Å²) < 4.78 is 11.2. The van der Waals surface area contributed by atoms with Crippen LogP contribution in [0.15, 0.2) is 52.9 Å². The first kappa shape index (κ1) is 14.7. The molecule has 1 atom stereocenters. The Labute approximate surface area is 130 Å². The molecule has 0 radical (unpaired) electrons. The Balaban J connectivity index is 1.72. The molecular weight excluding hydrogens is 274 g/mol. The van der Waals surface area contributed by atoms with Crippen LogP contribution in [0.3, 0.4) is 0 Å². The third kappa shape index (κ3) is 2.85. The molecule has 1 N–H and O–H groups in total. The zero-order valence-corrected chi connectivity index (χ0v) is 13.2. The average molecular weight is 295 g/mol. The van der Waals surface area contributed by atoms with Crippen molar-refractivity contribution in [2.75, 3.05) is 7.11 Å². The fourth-order valence-electron chi connectivity index (χ4n) is 2.71. The number of nitrogens with one attached hydrogen (secondary N) is 1. The molecule has 0 aliphatic rings. The fraction of sp³-hybridized carbons (Fsp3) is 0.263. The van der Waals surface area contributed by atoms with Crippen molar-refractivity contribution in [3.05, 3.63) is 65.4 Å². The van der Waals surface area contributed by atoms with Crippen molar-refractivity contribution in [3.8, 4) is 5.75 Å². The van der Waals surface area contributed by atoms with Crippen LogP contribution in [-0.4, -0.2) is 7.11 Å². The lowest BCUT2D eigenvalue weighted by Gasteiger charge is -2.13. The van der Waals surface area contributed by atoms with Gasteiger partial charge in [-0.05, 0) is 43.2 Å². The predicted octanol–water partition coefficient (Wildman–Crippen LogP) is 4.60. The molecule has 1 aromatic heterocycles. The van der Waals surface area contributed by atoms with Gasteiger partial charge in [0.05, 0.1) is 13.2 Å². The van der Waals surface area contributed by atoms with E-state index in [2.05, 4.69) is 37.4 Å². The smallest absolute Gasteiger partial charge is 0.134 e. The largest absolute Gasteiger partial charge is 0.497 e. The van der Waals surface area contributed by atoms with Crippen molar-refractivity contribution < 1.29 is 9.15 Å². The number of benzene rings is 2. The van der Waals surface area contributed by atoms with Crippen LogP contribution in [-0.2, 0) is 6.54 Å². The summed E-state index contributed by atoms with van der Waals surface area (Å²) in [7, 11) is 1.68. The summed E-state index contributed by atoms with van der Waals surface area (Å²) >= 11 is 0. The van der Waals surface area contributed by atoms with Crippen molar-refractivity contribution in [3.63, 3.8) is 0 Å². The fourth-order valence-corrected chi connectivity index (χ4v) is 2.71. The molecule has 0 aliphatic carbocycles. The van der Waals surface area contributed by atoms with Gasteiger partial charge in [0, 0.05) is 11.9 Å². The molecule has 3 heteroatoms. The van der Waals surface area contributed by atoms with E-state index in [9.17, 15) is 0 Å². The van der Waals surface area contributed by atoms with Gasteiger partial charge in [-0.2, -0.15) is 0 Å². The van der Waals surface area contributed by atoms with Gasteiger partial charge in [-0.3, -0.25) is 0 Å². The van der Waals surface area contributed by atoms with E-state index in [-0.39, 0.29) is 6.04 Å². The number of hydrogen-bond acceptors (Lipinski definition) is 3. The maximum atomic E-state index is 6.00. The van der Waals surface area contributed by atoms with E-state index < -0.39 is 0 Å². The first-order chi connectivity index (χ1) is 10.7. The Kier molecular flexibility index (Phi) is 4.16. The first-order valence-electron chi connectivity index (χ1n) is 7.53. The second-order valence-electron chi connectivity index (χ2n) is 5.54. The summed E-state index contributed by atoms with van der Waals surface area (Å²) in [6, 6.07) is 16.4. The lowest BCUT2D eigenvalue weighted by atomic mass is 10.1. The van der Waals surface area contributed by atoms with E-state index >= 15 is 0 Å². The SMILES string of the molecule is COc1ccc(CNC(C)c2oc3ccccc3c2C)cc1. The number of aryl methyl sites for hydroxylation is 1. The molecule has 0 aliphatic heterocycles. The van der Waals surface area contributed by atoms with Crippen LogP contribution >= 0.6 is 0 Å². The number of ether oxygens (including phenoxy) is 1. The third-order valence-electron chi connectivity index (χ3n) is 4.05. The molecule has 0 fully saturated rings. The Hall–Kier alpha value is -2.26. The van der Waals surface area contributed by atoms with E-state index in [4.69, 9.17) is 9.15 Å². The van der Waals surface area contributed by atoms with Crippen molar-refractivity contribution in [1.29, 1.82) is 0 Å². The van der Waals surface area contributed by atoms with Gasteiger partial charge in [0.2, 0.25) is 0 Å². The zero-order valence-electron chi connectivity index (χ0n) is 13.2. The minimum Gasteiger partial charge on any atom is -0.497 e. The molecule has 0 amide bonds. The standard InChI is InChI=1S/C19H21NO2/c1-13-17-6-4-5-7-18(17)22-19(13)14(2)20-12-15-8-10-16(21-3)11-9-15/h4-11,14,20H,12H2,1-3H3. The molecule has 2 aromatic carbocycles. The summed E-state index contributed by atoms with van der Waals surface area (Å²) in [5.74, 6) is 1.89. The highest BCUT2D eigenvalue weighted by molar-refractivity contribution is 5.82. The quantitative estimate of drug-likeness (QED) is 0.747. The molecule has 22 heavy (non-hydrogen) atoms. The van der Waals surface area contributed by atoms with Gasteiger partial charge in [-0.1, -0.05) is 30.3 Å². The van der Waals surface area contributed by atoms with E-state index in [0.717, 1.165) is 23.6 Å². The molecule has 114 valence electrons. The summed E-state index contributed by atoms with van der Waals surface area (Å²) in [5, 5.41) is 4.71. The van der Waals surface area contributed by atoms with E-state index in [1.807, 2.05) is 30.3 Å². The highest BCUT2D eigenvalue weighted by atomic mass is 16.5. The number of hydrogen-bond donors (Lipinski definition) is 1. The van der Waals surface area contributed by atoms with Gasteiger partial charge in [-0.15, -0.1) is 0 Å². The zero-order chi connectivity index (χ0) is 15.5. The number of fused-ring (bicyclic) bond motifs is 1. The summed E-state index contributed by atoms with van der Waals surface area (Å²) in [4.78, 5) is 0. The normalized spacial score (nSPS) is 12.5. The lowest BCUT2D eigenvalue weighted by molar-refractivity contribution is 0.414. The van der Waals surface area contributed by atoms with Gasteiger partial charge in [-0.25, -0.2) is 0 Å². The highest BCUT2D eigenvalue weighted by Gasteiger charge is 2.15. The summed E-state index contributed by atoms with van der Waals surface area (Å²) in [5.41, 5.74) is 3.39. The number of para-hydroxylation sites is 1. The topological polar surface area (TPSA) is 34.4 Å². The minimum atomic E-state index is 0.162. The molecule has 1 heterocycles. The van der Waals surface area contributed by atoms with Crippen molar-refractivity contribution in [2.45, 2.75) is 26.4 Å². The van der Waals surface area contributed by atoms with Crippen LogP contribution in [0.4, 0.5) is 0 Å². The third-order valence-corrected chi connectivity index (χ3v) is 4.05. The van der Waals surface area contributed by atoms with Crippen LogP contribution in [0.2, 0.25) is 0 Å². The molecule has 3 rings (SSSR count). The monoisotopic (exact) mass is 295 g/mol. The van der Waals surface area contributed by atoms with Gasteiger partial charge in [0.1, 0.15) is 17.1 Å². The summed E-state index contributed by atoms with van der Waals surface area (Å²) in [6.07, 6.45) is 0. The lowest BCUT2D eigenvalue weighted by Crippen LogP contribution is -2.18.